The van der Waals surface area contributed by atoms with Crippen LogP contribution in [0.5, 0.6) is 0 Å². The van der Waals surface area contributed by atoms with Gasteiger partial charge < -0.3 is 24.3 Å². The number of nitrogens with zero attached hydrogens (tertiary/aromatic N) is 1. The highest BCUT2D eigenvalue weighted by molar-refractivity contribution is 7.68. The molecule has 0 saturated carbocycles. The molecule has 0 aliphatic carbocycles. The van der Waals surface area contributed by atoms with E-state index >= 15 is 0 Å². The Morgan fingerprint density at radius 1 is 1.20 bits per heavy atom. The van der Waals surface area contributed by atoms with E-state index in [4.69, 9.17) is 19.4 Å². The van der Waals surface area contributed by atoms with Gasteiger partial charge in [0.2, 0.25) is 0 Å². The van der Waals surface area contributed by atoms with Crippen LogP contribution in [0.1, 0.15) is 31.1 Å². The number of aromatic amines is 1. The summed E-state index contributed by atoms with van der Waals surface area (Å²) in [4.78, 5) is 60.5. The molecule has 1 fully saturated rings. The highest BCUT2D eigenvalue weighted by Crippen LogP contribution is 2.71. The molecule has 5 N–H and O–H groups in total. The lowest BCUT2D eigenvalue weighted by Gasteiger charge is -2.25. The second-order valence-electron chi connectivity index (χ2n) is 6.28. The molecule has 1 aliphatic heterocycles. The Kier molecular flexibility index (Phi) is 7.12. The zero-order chi connectivity index (χ0) is 23.1. The highest BCUT2D eigenvalue weighted by atomic mass is 31.3. The van der Waals surface area contributed by atoms with Gasteiger partial charge in [-0.3, -0.25) is 18.9 Å². The number of ether oxygens (including phenoxy) is 1. The fraction of sp³-hybridized carbons (Fsp3) is 0.636. The van der Waals surface area contributed by atoms with Crippen molar-refractivity contribution in [3.8, 4) is 0 Å². The molecule has 172 valence electrons. The third kappa shape index (κ3) is 6.24. The van der Waals surface area contributed by atoms with E-state index in [-0.39, 0.29) is 18.4 Å². The second-order valence-corrected chi connectivity index (χ2v) is 11.2. The second kappa shape index (κ2) is 8.47. The Bertz CT molecular complexity index is 1060. The number of aromatic nitrogens is 2. The molecule has 2 heterocycles. The van der Waals surface area contributed by atoms with Gasteiger partial charge in [0.15, 0.2) is 0 Å². The monoisotopic (exact) mass is 500 g/mol. The Balaban J connectivity index is 2.12. The smallest absolute Gasteiger partial charge is 0.354 e. The van der Waals surface area contributed by atoms with Crippen molar-refractivity contribution in [3.05, 3.63) is 32.6 Å². The van der Waals surface area contributed by atoms with E-state index in [1.165, 1.54) is 6.92 Å². The molecule has 3 unspecified atom stereocenters. The van der Waals surface area contributed by atoms with Crippen LogP contribution in [0.25, 0.3) is 0 Å². The van der Waals surface area contributed by atoms with Crippen molar-refractivity contribution in [2.75, 3.05) is 0 Å². The third-order valence-electron chi connectivity index (χ3n) is 3.85. The zero-order valence-electron chi connectivity index (χ0n) is 15.0. The van der Waals surface area contributed by atoms with Gasteiger partial charge in [0, 0.05) is 18.2 Å². The van der Waals surface area contributed by atoms with Crippen molar-refractivity contribution in [2.24, 2.45) is 0 Å². The molecule has 0 bridgehead atoms. The largest absolute Gasteiger partial charge is 0.488 e. The molecule has 0 amide bonds. The maximum Gasteiger partial charge on any atom is 0.488 e. The minimum Gasteiger partial charge on any atom is -0.354 e. The van der Waals surface area contributed by atoms with Crippen LogP contribution in [-0.2, 0) is 27.1 Å². The molecule has 0 spiro atoms. The first-order valence-electron chi connectivity index (χ1n) is 7.92. The number of H-pyrrole nitrogens is 1. The van der Waals surface area contributed by atoms with Crippen LogP contribution in [0.3, 0.4) is 0 Å². The molecular formula is C11H17F2N2O12P3. The van der Waals surface area contributed by atoms with Gasteiger partial charge in [-0.25, -0.2) is 18.2 Å². The van der Waals surface area contributed by atoms with Gasteiger partial charge in [-0.2, -0.15) is 13.1 Å². The molecule has 30 heavy (non-hydrogen) atoms. The highest BCUT2D eigenvalue weighted by Gasteiger charge is 2.57. The zero-order valence-corrected chi connectivity index (χ0v) is 17.6. The maximum absolute atomic E-state index is 14.2. The van der Waals surface area contributed by atoms with Crippen molar-refractivity contribution in [1.29, 1.82) is 0 Å². The Morgan fingerprint density at radius 2 is 1.80 bits per heavy atom. The van der Waals surface area contributed by atoms with Crippen molar-refractivity contribution in [1.82, 2.24) is 9.55 Å². The van der Waals surface area contributed by atoms with Gasteiger partial charge in [-0.1, -0.05) is 0 Å². The van der Waals surface area contributed by atoms with Gasteiger partial charge in [0.05, 0.1) is 6.10 Å². The van der Waals surface area contributed by atoms with E-state index in [0.717, 1.165) is 10.8 Å². The lowest BCUT2D eigenvalue weighted by atomic mass is 10.2. The van der Waals surface area contributed by atoms with Gasteiger partial charge in [0.1, 0.15) is 6.23 Å². The van der Waals surface area contributed by atoms with E-state index in [2.05, 4.69) is 8.62 Å². The van der Waals surface area contributed by atoms with Crippen LogP contribution in [0.2, 0.25) is 0 Å². The van der Waals surface area contributed by atoms with Crippen LogP contribution in [0.4, 0.5) is 8.78 Å². The summed E-state index contributed by atoms with van der Waals surface area (Å²) >= 11 is 0. The number of aryl methyl sites for hydroxylation is 1. The Labute approximate surface area is 165 Å². The summed E-state index contributed by atoms with van der Waals surface area (Å²) < 4.78 is 75.0. The molecule has 0 aromatic carbocycles. The number of rotatable bonds is 8. The molecule has 14 nitrogen and oxygen atoms in total. The molecule has 1 saturated heterocycles. The van der Waals surface area contributed by atoms with Crippen molar-refractivity contribution in [3.63, 3.8) is 0 Å². The number of halogens is 2. The minimum atomic E-state index is -6.28. The van der Waals surface area contributed by atoms with Crippen LogP contribution in [0, 0.1) is 6.92 Å². The van der Waals surface area contributed by atoms with Crippen LogP contribution in [0.15, 0.2) is 15.8 Å². The minimum absolute atomic E-state index is 0.0164. The lowest BCUT2D eigenvalue weighted by molar-refractivity contribution is -0.0485. The predicted molar refractivity (Wildman–Crippen MR) is 92.6 cm³/mol. The van der Waals surface area contributed by atoms with Gasteiger partial charge >= 0.3 is 34.6 Å². The Hall–Kier alpha value is -1.05. The van der Waals surface area contributed by atoms with Crippen molar-refractivity contribution < 1.29 is 55.4 Å². The summed E-state index contributed by atoms with van der Waals surface area (Å²) in [5, 5.41) is 0. The summed E-state index contributed by atoms with van der Waals surface area (Å²) in [6.07, 6.45) is -2.94. The molecule has 1 aromatic rings. The van der Waals surface area contributed by atoms with Gasteiger partial charge in [0.25, 0.3) is 5.56 Å². The molecule has 4 atom stereocenters. The summed E-state index contributed by atoms with van der Waals surface area (Å²) in [5.41, 5.74) is -6.06. The number of alkyl halides is 2. The number of nitrogens with one attached hydrogen (secondary N) is 1. The van der Waals surface area contributed by atoms with Crippen LogP contribution >= 0.6 is 23.2 Å². The lowest BCUT2D eigenvalue weighted by Crippen LogP contribution is -2.33. The van der Waals surface area contributed by atoms with E-state index in [1.807, 2.05) is 4.98 Å². The maximum atomic E-state index is 14.2. The summed E-state index contributed by atoms with van der Waals surface area (Å²) in [7, 11) is -18.0. The molecule has 1 aliphatic rings. The summed E-state index contributed by atoms with van der Waals surface area (Å²) in [5.74, 6) is 0. The van der Waals surface area contributed by atoms with E-state index < -0.39 is 58.9 Å². The predicted octanol–water partition coefficient (Wildman–Crippen LogP) is 0.917. The fourth-order valence-corrected chi connectivity index (χ4v) is 6.07. The molecule has 1 aromatic heterocycles. The number of hydrogen-bond donors (Lipinski definition) is 5. The molecule has 19 heteroatoms. The summed E-state index contributed by atoms with van der Waals surface area (Å²) in [6.45, 7) is 1.39. The Morgan fingerprint density at radius 3 is 2.37 bits per heavy atom. The molecule has 2 rings (SSSR count). The normalized spacial score (nSPS) is 24.4. The average Bonchev–Trinajstić information content (AvgIpc) is 2.94. The standard InChI is InChI=1S/C11H17F2N2O12P3/c1-6-5-15(10(17)14-9(6)16)8-3-2-7(25-8)4-11(12,13)28(18,19)26-30(23,24)27-29(20,21)22/h5,7-8H,2-4H2,1H3,(H,18,19)(H,23,24)(H,14,16,17)(H2,20,21,22)/t7-,8?/m0/s1. The van der Waals surface area contributed by atoms with E-state index in [1.54, 1.807) is 0 Å². The summed E-state index contributed by atoms with van der Waals surface area (Å²) in [6, 6.07) is 0. The first kappa shape index (κ1) is 25.2. The third-order valence-corrected chi connectivity index (χ3v) is 8.25. The van der Waals surface area contributed by atoms with E-state index in [9.17, 15) is 37.0 Å². The van der Waals surface area contributed by atoms with Crippen molar-refractivity contribution >= 4 is 23.2 Å². The average molecular weight is 500 g/mol. The SMILES string of the molecule is Cc1cn(C2CC[C@@H](CC(F)(F)P(=O)(O)OP(=O)(O)OP(=O)(O)O)O2)c(=O)[nH]c1=O. The van der Waals surface area contributed by atoms with Crippen LogP contribution < -0.4 is 11.2 Å². The number of hydrogen-bond acceptors (Lipinski definition) is 8. The fourth-order valence-electron chi connectivity index (χ4n) is 2.58. The topological polar surface area (TPSA) is 215 Å². The quantitative estimate of drug-likeness (QED) is 0.315. The molecular weight excluding hydrogens is 483 g/mol. The van der Waals surface area contributed by atoms with Gasteiger partial charge in [-0.15, -0.1) is 0 Å². The molecule has 0 radical (unpaired) electrons. The first-order chi connectivity index (χ1) is 13.4. The van der Waals surface area contributed by atoms with Crippen molar-refractivity contribution in [2.45, 2.75) is 44.2 Å². The number of phosphoric acid groups is 2. The van der Waals surface area contributed by atoms with Crippen LogP contribution in [-0.4, -0.2) is 40.9 Å². The van der Waals surface area contributed by atoms with Gasteiger partial charge in [-0.05, 0) is 19.8 Å². The van der Waals surface area contributed by atoms with E-state index in [0.29, 0.717) is 0 Å². The first-order valence-corrected chi connectivity index (χ1v) is 12.5.